The van der Waals surface area contributed by atoms with Crippen molar-refractivity contribution in [2.45, 2.75) is 20.0 Å². The molecule has 0 fully saturated rings. The molecule has 0 aliphatic rings. The van der Waals surface area contributed by atoms with Gasteiger partial charge in [0.15, 0.2) is 0 Å². The van der Waals surface area contributed by atoms with Gasteiger partial charge in [-0.3, -0.25) is 9.58 Å². The summed E-state index contributed by atoms with van der Waals surface area (Å²) in [5, 5.41) is 13.1. The summed E-state index contributed by atoms with van der Waals surface area (Å²) in [5.41, 5.74) is 1.33. The highest BCUT2D eigenvalue weighted by molar-refractivity contribution is 5.88. The van der Waals surface area contributed by atoms with Crippen LogP contribution in [0.25, 0.3) is 0 Å². The zero-order valence-electron chi connectivity index (χ0n) is 11.3. The molecule has 19 heavy (non-hydrogen) atoms. The number of aryl methyl sites for hydroxylation is 2. The smallest absolute Gasteiger partial charge is 0.339 e. The molecule has 0 aliphatic heterocycles. The summed E-state index contributed by atoms with van der Waals surface area (Å²) in [6, 6.07) is 1.58. The monoisotopic (exact) mass is 263 g/mol. The minimum Gasteiger partial charge on any atom is -0.478 e. The van der Waals surface area contributed by atoms with Gasteiger partial charge in [0, 0.05) is 25.4 Å². The van der Waals surface area contributed by atoms with Crippen LogP contribution in [0.2, 0.25) is 0 Å². The second-order valence-corrected chi connectivity index (χ2v) is 4.68. The molecule has 0 unspecified atom stereocenters. The fourth-order valence-corrected chi connectivity index (χ4v) is 2.02. The SMILES string of the molecule is Cc1oc(CN(C)Cc2cnn(C)c2)cc1C(=O)O. The van der Waals surface area contributed by atoms with Crippen LogP contribution in [0.5, 0.6) is 0 Å². The fraction of sp³-hybridized carbons (Fsp3) is 0.385. The standard InChI is InChI=1S/C13H17N3O3/c1-9-12(13(17)18)4-11(19-9)8-15(2)6-10-5-14-16(3)7-10/h4-5,7H,6,8H2,1-3H3,(H,17,18). The molecule has 0 bridgehead atoms. The Bertz CT molecular complexity index is 586. The number of aromatic nitrogens is 2. The number of carboxylic acids is 1. The molecular formula is C13H17N3O3. The first-order valence-electron chi connectivity index (χ1n) is 5.94. The van der Waals surface area contributed by atoms with Gasteiger partial charge in [0.2, 0.25) is 0 Å². The lowest BCUT2D eigenvalue weighted by molar-refractivity contribution is 0.0695. The summed E-state index contributed by atoms with van der Waals surface area (Å²) >= 11 is 0. The van der Waals surface area contributed by atoms with Crippen molar-refractivity contribution < 1.29 is 14.3 Å². The Labute approximate surface area is 111 Å². The third kappa shape index (κ3) is 3.23. The highest BCUT2D eigenvalue weighted by atomic mass is 16.4. The highest BCUT2D eigenvalue weighted by Gasteiger charge is 2.14. The molecule has 0 spiro atoms. The molecule has 0 saturated carbocycles. The lowest BCUT2D eigenvalue weighted by Crippen LogP contribution is -2.16. The average Bonchev–Trinajstić information content (AvgIpc) is 2.85. The van der Waals surface area contributed by atoms with E-state index >= 15 is 0 Å². The van der Waals surface area contributed by atoms with Crippen molar-refractivity contribution in [3.63, 3.8) is 0 Å². The average molecular weight is 263 g/mol. The van der Waals surface area contributed by atoms with Crippen molar-refractivity contribution in [3.8, 4) is 0 Å². The van der Waals surface area contributed by atoms with Crippen molar-refractivity contribution in [1.29, 1.82) is 0 Å². The minimum atomic E-state index is -0.956. The van der Waals surface area contributed by atoms with Gasteiger partial charge in [-0.2, -0.15) is 5.10 Å². The number of carbonyl (C=O) groups is 1. The Kier molecular flexibility index (Phi) is 3.71. The molecule has 0 atom stereocenters. The number of carboxylic acid groups (broad SMARTS) is 1. The Balaban J connectivity index is 2.00. The molecule has 2 aromatic rings. The fourth-order valence-electron chi connectivity index (χ4n) is 2.02. The van der Waals surface area contributed by atoms with Crippen LogP contribution in [-0.2, 0) is 20.1 Å². The van der Waals surface area contributed by atoms with Crippen LogP contribution in [0.3, 0.4) is 0 Å². The number of rotatable bonds is 5. The zero-order valence-corrected chi connectivity index (χ0v) is 11.3. The summed E-state index contributed by atoms with van der Waals surface area (Å²) in [7, 11) is 3.82. The Hall–Kier alpha value is -2.08. The molecule has 0 amide bonds. The Morgan fingerprint density at radius 2 is 2.26 bits per heavy atom. The summed E-state index contributed by atoms with van der Waals surface area (Å²) in [5.74, 6) is 0.140. The molecule has 0 aromatic carbocycles. The maximum atomic E-state index is 10.9. The van der Waals surface area contributed by atoms with Gasteiger partial charge in [-0.25, -0.2) is 4.79 Å². The van der Waals surface area contributed by atoms with Crippen molar-refractivity contribution >= 4 is 5.97 Å². The molecule has 0 radical (unpaired) electrons. The van der Waals surface area contributed by atoms with Gasteiger partial charge in [-0.1, -0.05) is 0 Å². The van der Waals surface area contributed by atoms with Crippen molar-refractivity contribution in [1.82, 2.24) is 14.7 Å². The van der Waals surface area contributed by atoms with Gasteiger partial charge >= 0.3 is 5.97 Å². The first-order valence-corrected chi connectivity index (χ1v) is 5.94. The second-order valence-electron chi connectivity index (χ2n) is 4.68. The molecular weight excluding hydrogens is 246 g/mol. The van der Waals surface area contributed by atoms with E-state index in [9.17, 15) is 4.79 Å². The third-order valence-corrected chi connectivity index (χ3v) is 2.84. The predicted octanol–water partition coefficient (Wildman–Crippen LogP) is 1.65. The summed E-state index contributed by atoms with van der Waals surface area (Å²) < 4.78 is 7.20. The first kappa shape index (κ1) is 13.4. The molecule has 6 heteroatoms. The predicted molar refractivity (Wildman–Crippen MR) is 68.8 cm³/mol. The largest absolute Gasteiger partial charge is 0.478 e. The molecule has 6 nitrogen and oxygen atoms in total. The van der Waals surface area contributed by atoms with Crippen LogP contribution in [0.4, 0.5) is 0 Å². The van der Waals surface area contributed by atoms with E-state index in [1.54, 1.807) is 17.7 Å². The molecule has 2 aromatic heterocycles. The number of hydrogen-bond donors (Lipinski definition) is 1. The van der Waals surface area contributed by atoms with Gasteiger partial charge in [0.25, 0.3) is 0 Å². The van der Waals surface area contributed by atoms with Crippen LogP contribution in [0, 0.1) is 6.92 Å². The summed E-state index contributed by atoms with van der Waals surface area (Å²) in [4.78, 5) is 13.0. The van der Waals surface area contributed by atoms with Crippen molar-refractivity contribution in [2.24, 2.45) is 7.05 Å². The van der Waals surface area contributed by atoms with Crippen LogP contribution in [-0.4, -0.2) is 32.8 Å². The quantitative estimate of drug-likeness (QED) is 0.888. The van der Waals surface area contributed by atoms with Crippen LogP contribution in [0.1, 0.15) is 27.4 Å². The maximum Gasteiger partial charge on any atom is 0.339 e. The molecule has 2 heterocycles. The first-order chi connectivity index (χ1) is 8.95. The van der Waals surface area contributed by atoms with Gasteiger partial charge in [-0.05, 0) is 20.0 Å². The van der Waals surface area contributed by atoms with Crippen LogP contribution in [0.15, 0.2) is 22.9 Å². The van der Waals surface area contributed by atoms with Gasteiger partial charge in [-0.15, -0.1) is 0 Å². The van der Waals surface area contributed by atoms with E-state index in [4.69, 9.17) is 9.52 Å². The van der Waals surface area contributed by atoms with Gasteiger partial charge in [0.05, 0.1) is 12.7 Å². The summed E-state index contributed by atoms with van der Waals surface area (Å²) in [6.07, 6.45) is 3.76. The molecule has 0 saturated heterocycles. The number of hydrogen-bond acceptors (Lipinski definition) is 4. The van der Waals surface area contributed by atoms with Crippen LogP contribution >= 0.6 is 0 Å². The molecule has 1 N–H and O–H groups in total. The van der Waals surface area contributed by atoms with E-state index in [2.05, 4.69) is 5.10 Å². The van der Waals surface area contributed by atoms with E-state index in [1.807, 2.05) is 31.4 Å². The third-order valence-electron chi connectivity index (χ3n) is 2.84. The van der Waals surface area contributed by atoms with E-state index in [0.29, 0.717) is 18.1 Å². The maximum absolute atomic E-state index is 10.9. The van der Waals surface area contributed by atoms with E-state index in [1.165, 1.54) is 0 Å². The van der Waals surface area contributed by atoms with Crippen LogP contribution < -0.4 is 0 Å². The van der Waals surface area contributed by atoms with Gasteiger partial charge < -0.3 is 9.52 Å². The molecule has 102 valence electrons. The zero-order chi connectivity index (χ0) is 14.0. The van der Waals surface area contributed by atoms with E-state index in [-0.39, 0.29) is 5.56 Å². The highest BCUT2D eigenvalue weighted by Crippen LogP contribution is 2.16. The number of nitrogens with zero attached hydrogens (tertiary/aromatic N) is 3. The van der Waals surface area contributed by atoms with E-state index in [0.717, 1.165) is 12.1 Å². The Morgan fingerprint density at radius 1 is 1.53 bits per heavy atom. The topological polar surface area (TPSA) is 71.5 Å². The normalized spacial score (nSPS) is 11.2. The van der Waals surface area contributed by atoms with Gasteiger partial charge in [0.1, 0.15) is 17.1 Å². The summed E-state index contributed by atoms with van der Waals surface area (Å²) in [6.45, 7) is 2.95. The lowest BCUT2D eigenvalue weighted by Gasteiger charge is -2.13. The van der Waals surface area contributed by atoms with Crippen molar-refractivity contribution in [2.75, 3.05) is 7.05 Å². The number of furan rings is 1. The van der Waals surface area contributed by atoms with E-state index < -0.39 is 5.97 Å². The van der Waals surface area contributed by atoms with Crippen molar-refractivity contribution in [3.05, 3.63) is 41.1 Å². The molecule has 2 rings (SSSR count). The second kappa shape index (κ2) is 5.27. The lowest BCUT2D eigenvalue weighted by atomic mass is 10.2. The number of aromatic carboxylic acids is 1. The molecule has 0 aliphatic carbocycles. The minimum absolute atomic E-state index is 0.227. The Morgan fingerprint density at radius 3 is 2.79 bits per heavy atom.